The van der Waals surface area contributed by atoms with E-state index in [2.05, 4.69) is 5.32 Å². The maximum Gasteiger partial charge on any atom is 0.329 e. The van der Waals surface area contributed by atoms with Crippen molar-refractivity contribution in [2.75, 3.05) is 6.61 Å². The largest absolute Gasteiger partial charge is 0.480 e. The molecule has 0 radical (unpaired) electrons. The Morgan fingerprint density at radius 1 is 1.26 bits per heavy atom. The van der Waals surface area contributed by atoms with Crippen molar-refractivity contribution in [3.63, 3.8) is 0 Å². The fourth-order valence-electron chi connectivity index (χ4n) is 1.78. The van der Waals surface area contributed by atoms with Gasteiger partial charge in [0.25, 0.3) is 0 Å². The molecular formula is C14H17NO4. The number of aliphatic carboxylic acids is 1. The first-order valence-electron chi connectivity index (χ1n) is 6.28. The number of hydrogen-bond acceptors (Lipinski definition) is 3. The van der Waals surface area contributed by atoms with Crippen molar-refractivity contribution in [2.45, 2.75) is 31.4 Å². The fourth-order valence-corrected chi connectivity index (χ4v) is 1.78. The minimum absolute atomic E-state index is 0.182. The first kappa shape index (κ1) is 13.5. The van der Waals surface area contributed by atoms with Crippen LogP contribution in [0.5, 0.6) is 0 Å². The first-order chi connectivity index (χ1) is 9.12. The molecule has 0 unspecified atom stereocenters. The number of carbonyl (C=O) groups is 2. The second kappa shape index (κ2) is 5.84. The van der Waals surface area contributed by atoms with Crippen LogP contribution in [0.2, 0.25) is 0 Å². The molecule has 0 atom stereocenters. The highest BCUT2D eigenvalue weighted by Gasteiger charge is 2.51. The summed E-state index contributed by atoms with van der Waals surface area (Å²) in [7, 11) is 0. The number of carboxylic acids is 1. The second-order valence-electron chi connectivity index (χ2n) is 4.72. The van der Waals surface area contributed by atoms with Crippen molar-refractivity contribution in [1.29, 1.82) is 0 Å². The highest BCUT2D eigenvalue weighted by Crippen LogP contribution is 2.35. The second-order valence-corrected chi connectivity index (χ2v) is 4.72. The van der Waals surface area contributed by atoms with Gasteiger partial charge in [0.15, 0.2) is 0 Å². The van der Waals surface area contributed by atoms with E-state index in [1.807, 2.05) is 30.3 Å². The molecule has 1 aliphatic rings. The first-order valence-corrected chi connectivity index (χ1v) is 6.28. The Labute approximate surface area is 111 Å². The molecule has 1 saturated carbocycles. The summed E-state index contributed by atoms with van der Waals surface area (Å²) < 4.78 is 5.38. The highest BCUT2D eigenvalue weighted by atomic mass is 16.5. The lowest BCUT2D eigenvalue weighted by atomic mass is 10.2. The molecule has 1 aromatic carbocycles. The summed E-state index contributed by atoms with van der Waals surface area (Å²) >= 11 is 0. The Bertz CT molecular complexity index is 454. The van der Waals surface area contributed by atoms with Crippen LogP contribution < -0.4 is 5.32 Å². The quantitative estimate of drug-likeness (QED) is 0.728. The molecule has 102 valence electrons. The van der Waals surface area contributed by atoms with Gasteiger partial charge in [0.1, 0.15) is 5.54 Å². The summed E-state index contributed by atoms with van der Waals surface area (Å²) in [4.78, 5) is 22.4. The predicted octanol–water partition coefficient (Wildman–Crippen LogP) is 1.33. The van der Waals surface area contributed by atoms with E-state index in [1.165, 1.54) is 0 Å². The molecule has 0 aliphatic heterocycles. The lowest BCUT2D eigenvalue weighted by molar-refractivity contribution is -0.143. The van der Waals surface area contributed by atoms with Crippen LogP contribution in [0.3, 0.4) is 0 Å². The number of nitrogens with one attached hydrogen (secondary N) is 1. The zero-order chi connectivity index (χ0) is 13.7. The molecule has 1 amide bonds. The van der Waals surface area contributed by atoms with Crippen LogP contribution in [0.4, 0.5) is 0 Å². The summed E-state index contributed by atoms with van der Waals surface area (Å²) in [6, 6.07) is 9.68. The number of carbonyl (C=O) groups excluding carboxylic acids is 1. The molecule has 1 fully saturated rings. The zero-order valence-electron chi connectivity index (χ0n) is 10.6. The monoisotopic (exact) mass is 263 g/mol. The molecule has 5 heteroatoms. The van der Waals surface area contributed by atoms with E-state index >= 15 is 0 Å². The Morgan fingerprint density at radius 2 is 1.95 bits per heavy atom. The molecule has 0 aromatic heterocycles. The Hall–Kier alpha value is -1.88. The van der Waals surface area contributed by atoms with Gasteiger partial charge in [-0.05, 0) is 18.4 Å². The molecule has 1 aliphatic carbocycles. The number of hydrogen-bond donors (Lipinski definition) is 2. The van der Waals surface area contributed by atoms with Crippen LogP contribution >= 0.6 is 0 Å². The number of ether oxygens (including phenoxy) is 1. The minimum atomic E-state index is -1.00. The molecule has 1 aromatic rings. The molecule has 0 saturated heterocycles. The van der Waals surface area contributed by atoms with E-state index in [0.717, 1.165) is 5.56 Å². The summed E-state index contributed by atoms with van der Waals surface area (Å²) in [5.41, 5.74) is 0.0448. The molecule has 0 spiro atoms. The van der Waals surface area contributed by atoms with Crippen molar-refractivity contribution in [3.8, 4) is 0 Å². The normalized spacial score (nSPS) is 15.8. The van der Waals surface area contributed by atoms with Gasteiger partial charge in [-0.15, -0.1) is 0 Å². The van der Waals surface area contributed by atoms with Crippen LogP contribution in [0.25, 0.3) is 0 Å². The van der Waals surface area contributed by atoms with Crippen LogP contribution in [-0.2, 0) is 20.9 Å². The Kier molecular flexibility index (Phi) is 4.16. The zero-order valence-corrected chi connectivity index (χ0v) is 10.6. The number of amides is 1. The third kappa shape index (κ3) is 3.79. The average Bonchev–Trinajstić information content (AvgIpc) is 3.17. The summed E-state index contributed by atoms with van der Waals surface area (Å²) in [5.74, 6) is -1.22. The Morgan fingerprint density at radius 3 is 2.53 bits per heavy atom. The lowest BCUT2D eigenvalue weighted by Gasteiger charge is -2.12. The third-order valence-electron chi connectivity index (χ3n) is 3.12. The van der Waals surface area contributed by atoms with E-state index < -0.39 is 11.5 Å². The van der Waals surface area contributed by atoms with Crippen molar-refractivity contribution >= 4 is 11.9 Å². The van der Waals surface area contributed by atoms with Gasteiger partial charge in [-0.3, -0.25) is 4.79 Å². The van der Waals surface area contributed by atoms with Gasteiger partial charge in [0, 0.05) is 0 Å². The average molecular weight is 263 g/mol. The van der Waals surface area contributed by atoms with E-state index in [4.69, 9.17) is 9.84 Å². The van der Waals surface area contributed by atoms with Gasteiger partial charge in [-0.25, -0.2) is 4.79 Å². The number of carboxylic acid groups (broad SMARTS) is 1. The maximum atomic E-state index is 11.6. The molecule has 19 heavy (non-hydrogen) atoms. The molecule has 2 N–H and O–H groups in total. The molecule has 0 heterocycles. The Balaban J connectivity index is 1.64. The topological polar surface area (TPSA) is 75.6 Å². The van der Waals surface area contributed by atoms with E-state index in [9.17, 15) is 9.59 Å². The SMILES string of the molecule is O=C(CCOCc1ccccc1)NC1(C(=O)O)CC1. The van der Waals surface area contributed by atoms with E-state index in [0.29, 0.717) is 19.4 Å². The fraction of sp³-hybridized carbons (Fsp3) is 0.429. The van der Waals surface area contributed by atoms with E-state index in [1.54, 1.807) is 0 Å². The maximum absolute atomic E-state index is 11.6. The van der Waals surface area contributed by atoms with Crippen molar-refractivity contribution in [2.24, 2.45) is 0 Å². The van der Waals surface area contributed by atoms with Gasteiger partial charge in [0.2, 0.25) is 5.91 Å². The van der Waals surface area contributed by atoms with Crippen LogP contribution in [-0.4, -0.2) is 29.1 Å². The van der Waals surface area contributed by atoms with Gasteiger partial charge in [0.05, 0.1) is 19.6 Å². The van der Waals surface area contributed by atoms with Crippen molar-refractivity contribution < 1.29 is 19.4 Å². The summed E-state index contributed by atoms with van der Waals surface area (Å²) in [6.45, 7) is 0.745. The molecule has 5 nitrogen and oxygen atoms in total. The van der Waals surface area contributed by atoms with Gasteiger partial charge in [-0.1, -0.05) is 30.3 Å². The summed E-state index contributed by atoms with van der Waals surface area (Å²) in [6.07, 6.45) is 1.21. The number of benzene rings is 1. The molecular weight excluding hydrogens is 246 g/mol. The third-order valence-corrected chi connectivity index (χ3v) is 3.12. The van der Waals surface area contributed by atoms with Gasteiger partial charge in [-0.2, -0.15) is 0 Å². The molecule has 0 bridgehead atoms. The van der Waals surface area contributed by atoms with Crippen LogP contribution in [0.15, 0.2) is 30.3 Å². The number of rotatable bonds is 7. The van der Waals surface area contributed by atoms with Crippen LogP contribution in [0.1, 0.15) is 24.8 Å². The lowest BCUT2D eigenvalue weighted by Crippen LogP contribution is -2.43. The van der Waals surface area contributed by atoms with Gasteiger partial charge >= 0.3 is 5.97 Å². The van der Waals surface area contributed by atoms with E-state index in [-0.39, 0.29) is 18.9 Å². The highest BCUT2D eigenvalue weighted by molar-refractivity contribution is 5.89. The van der Waals surface area contributed by atoms with Crippen molar-refractivity contribution in [1.82, 2.24) is 5.32 Å². The van der Waals surface area contributed by atoms with Gasteiger partial charge < -0.3 is 15.2 Å². The van der Waals surface area contributed by atoms with Crippen LogP contribution in [0, 0.1) is 0 Å². The minimum Gasteiger partial charge on any atom is -0.480 e. The predicted molar refractivity (Wildman–Crippen MR) is 68.5 cm³/mol. The molecule has 2 rings (SSSR count). The van der Waals surface area contributed by atoms with Crippen molar-refractivity contribution in [3.05, 3.63) is 35.9 Å². The smallest absolute Gasteiger partial charge is 0.329 e. The summed E-state index contributed by atoms with van der Waals surface area (Å²) in [5, 5.41) is 11.5. The standard InChI is InChI=1S/C14H17NO4/c16-12(15-14(7-8-14)13(17)18)6-9-19-10-11-4-2-1-3-5-11/h1-5H,6-10H2,(H,15,16)(H,17,18).